The Bertz CT molecular complexity index is 3920. The van der Waals surface area contributed by atoms with Gasteiger partial charge in [0.1, 0.15) is 22.3 Å². The summed E-state index contributed by atoms with van der Waals surface area (Å²) in [4.78, 5) is 0. The van der Waals surface area contributed by atoms with Crippen molar-refractivity contribution in [2.45, 2.75) is 0 Å². The first-order valence-electron chi connectivity index (χ1n) is 22.0. The highest BCUT2D eigenvalue weighted by Crippen LogP contribution is 2.41. The highest BCUT2D eigenvalue weighted by Gasteiger charge is 2.45. The van der Waals surface area contributed by atoms with Gasteiger partial charge in [0.25, 0.3) is 0 Å². The average molecular weight is 881 g/mol. The maximum atomic E-state index is 7.17. The Balaban J connectivity index is 0.993. The van der Waals surface area contributed by atoms with Crippen molar-refractivity contribution < 1.29 is 8.83 Å². The van der Waals surface area contributed by atoms with Gasteiger partial charge in [-0.15, -0.1) is 22.7 Å². The minimum atomic E-state index is -3.10. The number of hydrogen-bond acceptors (Lipinski definition) is 4. The van der Waals surface area contributed by atoms with Crippen LogP contribution in [0.2, 0.25) is 0 Å². The van der Waals surface area contributed by atoms with Crippen LogP contribution in [0.4, 0.5) is 0 Å². The molecule has 0 atom stereocenters. The molecule has 0 radical (unpaired) electrons. The third kappa shape index (κ3) is 5.50. The summed E-state index contributed by atoms with van der Waals surface area (Å²) in [6, 6.07) is 80.6. The highest BCUT2D eigenvalue weighted by molar-refractivity contribution is 7.31. The van der Waals surface area contributed by atoms with Gasteiger partial charge in [-0.2, -0.15) is 0 Å². The lowest BCUT2D eigenvalue weighted by atomic mass is 10.0. The van der Waals surface area contributed by atoms with Crippen LogP contribution in [-0.4, -0.2) is 8.07 Å². The number of furan rings is 2. The predicted molar refractivity (Wildman–Crippen MR) is 281 cm³/mol. The first-order chi connectivity index (χ1) is 32.2. The summed E-state index contributed by atoms with van der Waals surface area (Å²) in [6.45, 7) is 0. The Kier molecular flexibility index (Phi) is 8.08. The van der Waals surface area contributed by atoms with Crippen LogP contribution in [0, 0.1) is 0 Å². The van der Waals surface area contributed by atoms with E-state index >= 15 is 0 Å². The lowest BCUT2D eigenvalue weighted by Gasteiger charge is -2.34. The molecule has 304 valence electrons. The van der Waals surface area contributed by atoms with E-state index in [0.29, 0.717) is 0 Å². The van der Waals surface area contributed by atoms with E-state index in [0.717, 1.165) is 55.0 Å². The molecule has 0 aliphatic heterocycles. The summed E-state index contributed by atoms with van der Waals surface area (Å²) in [5.74, 6) is 0. The van der Waals surface area contributed by atoms with Crippen LogP contribution in [0.5, 0.6) is 0 Å². The molecular weight excluding hydrogens is 845 g/mol. The van der Waals surface area contributed by atoms with E-state index in [1.807, 2.05) is 34.8 Å². The molecule has 2 nitrogen and oxygen atoms in total. The minimum Gasteiger partial charge on any atom is -0.456 e. The molecule has 5 heteroatoms. The lowest BCUT2D eigenvalue weighted by Crippen LogP contribution is -2.74. The van der Waals surface area contributed by atoms with Gasteiger partial charge in [-0.3, -0.25) is 0 Å². The highest BCUT2D eigenvalue weighted by atomic mass is 32.1. The van der Waals surface area contributed by atoms with E-state index in [4.69, 9.17) is 8.83 Å². The normalized spacial score (nSPS) is 12.3. The zero-order valence-electron chi connectivity index (χ0n) is 34.9. The fourth-order valence-corrected chi connectivity index (χ4v) is 18.4. The quantitative estimate of drug-likeness (QED) is 0.123. The fourth-order valence-electron chi connectivity index (χ4n) is 10.7. The number of fused-ring (bicyclic) bond motifs is 12. The van der Waals surface area contributed by atoms with Gasteiger partial charge in [0.05, 0.1) is 0 Å². The van der Waals surface area contributed by atoms with Crippen molar-refractivity contribution in [1.82, 2.24) is 0 Å². The third-order valence-electron chi connectivity index (χ3n) is 13.6. The second-order valence-electron chi connectivity index (χ2n) is 17.1. The van der Waals surface area contributed by atoms with Crippen LogP contribution in [0.1, 0.15) is 0 Å². The summed E-state index contributed by atoms with van der Waals surface area (Å²) in [7, 11) is -3.10. The van der Waals surface area contributed by atoms with E-state index in [1.54, 1.807) is 0 Å². The average Bonchev–Trinajstić information content (AvgIpc) is 4.15. The summed E-state index contributed by atoms with van der Waals surface area (Å²) < 4.78 is 18.6. The molecule has 0 spiro atoms. The summed E-state index contributed by atoms with van der Waals surface area (Å²) in [5, 5.41) is 15.0. The standard InChI is InChI=1S/C60H36O2S2Si/c1-3-13-41(14-4-1)65(42-15-5-2-6-16-42,57-23-11-19-45-48-34-38(26-30-53(48)62-59(45)57)37-25-29-52-47(33-37)43-17-7-9-21-51(43)61-52)58-24-12-20-46-50-36-40(28-32-56(50)64-60(46)58)39-27-31-55-49(35-39)44-18-8-10-22-54(44)63-55/h1-36H. The Hall–Kier alpha value is -7.54. The zero-order valence-corrected chi connectivity index (χ0v) is 37.6. The predicted octanol–water partition coefficient (Wildman–Crippen LogP) is 14.9. The number of thiophene rings is 2. The smallest absolute Gasteiger partial charge is 0.185 e. The molecule has 0 unspecified atom stereocenters. The van der Waals surface area contributed by atoms with Gasteiger partial charge in [-0.25, -0.2) is 0 Å². The summed E-state index contributed by atoms with van der Waals surface area (Å²) in [6.07, 6.45) is 0. The van der Waals surface area contributed by atoms with E-state index in [2.05, 4.69) is 206 Å². The Labute approximate surface area is 382 Å². The molecule has 0 aliphatic rings. The van der Waals surface area contributed by atoms with Crippen molar-refractivity contribution >= 4 is 136 Å². The first-order valence-corrected chi connectivity index (χ1v) is 25.7. The van der Waals surface area contributed by atoms with Crippen LogP contribution in [0.3, 0.4) is 0 Å². The Morgan fingerprint density at radius 3 is 1.48 bits per heavy atom. The van der Waals surface area contributed by atoms with Crippen molar-refractivity contribution in [2.75, 3.05) is 0 Å². The molecule has 0 aliphatic carbocycles. The minimum absolute atomic E-state index is 0.885. The fraction of sp³-hybridized carbons (Fsp3) is 0. The largest absolute Gasteiger partial charge is 0.456 e. The molecule has 14 rings (SSSR count). The van der Waals surface area contributed by atoms with Crippen molar-refractivity contribution in [3.05, 3.63) is 218 Å². The molecule has 4 heterocycles. The van der Waals surface area contributed by atoms with Gasteiger partial charge >= 0.3 is 0 Å². The molecule has 0 N–H and O–H groups in total. The maximum Gasteiger partial charge on any atom is 0.185 e. The molecule has 14 aromatic rings. The number of hydrogen-bond donors (Lipinski definition) is 0. The van der Waals surface area contributed by atoms with E-state index in [-0.39, 0.29) is 0 Å². The van der Waals surface area contributed by atoms with Crippen LogP contribution in [-0.2, 0) is 0 Å². The van der Waals surface area contributed by atoms with Crippen LogP contribution in [0.25, 0.3) is 106 Å². The lowest BCUT2D eigenvalue weighted by molar-refractivity contribution is 0.669. The van der Waals surface area contributed by atoms with Gasteiger partial charge in [0, 0.05) is 61.9 Å². The Morgan fingerprint density at radius 1 is 0.292 bits per heavy atom. The van der Waals surface area contributed by atoms with Gasteiger partial charge in [-0.05, 0) is 104 Å². The Morgan fingerprint density at radius 2 is 0.769 bits per heavy atom. The topological polar surface area (TPSA) is 26.3 Å². The first kappa shape index (κ1) is 36.9. The molecule has 0 saturated heterocycles. The zero-order chi connectivity index (χ0) is 42.6. The van der Waals surface area contributed by atoms with Crippen molar-refractivity contribution in [3.8, 4) is 22.3 Å². The summed E-state index contributed by atoms with van der Waals surface area (Å²) >= 11 is 3.79. The van der Waals surface area contributed by atoms with Crippen LogP contribution in [0.15, 0.2) is 227 Å². The van der Waals surface area contributed by atoms with Gasteiger partial charge in [0.15, 0.2) is 8.07 Å². The van der Waals surface area contributed by atoms with Gasteiger partial charge in [-0.1, -0.05) is 158 Å². The number of benzene rings is 10. The maximum absolute atomic E-state index is 7.17. The molecular formula is C60H36O2S2Si. The van der Waals surface area contributed by atoms with E-state index < -0.39 is 8.07 Å². The molecule has 0 fully saturated rings. The second-order valence-corrected chi connectivity index (χ2v) is 23.0. The monoisotopic (exact) mass is 880 g/mol. The molecule has 4 aromatic heterocycles. The molecule has 10 aromatic carbocycles. The van der Waals surface area contributed by atoms with Crippen LogP contribution < -0.4 is 20.7 Å². The third-order valence-corrected chi connectivity index (χ3v) is 21.0. The van der Waals surface area contributed by atoms with Gasteiger partial charge in [0.2, 0.25) is 0 Å². The number of para-hydroxylation sites is 2. The molecule has 0 saturated carbocycles. The van der Waals surface area contributed by atoms with E-state index in [9.17, 15) is 0 Å². The van der Waals surface area contributed by atoms with Crippen molar-refractivity contribution in [2.24, 2.45) is 0 Å². The molecule has 0 amide bonds. The molecule has 65 heavy (non-hydrogen) atoms. The van der Waals surface area contributed by atoms with Crippen molar-refractivity contribution in [3.63, 3.8) is 0 Å². The SMILES string of the molecule is c1ccc([Si](c2ccccc2)(c2cccc3c2oc2ccc(-c4ccc5oc6ccccc6c5c4)cc23)c2cccc3c2sc2ccc(-c4ccc5sc6ccccc6c5c4)cc23)cc1. The molecule has 0 bridgehead atoms. The number of rotatable bonds is 6. The van der Waals surface area contributed by atoms with Crippen LogP contribution >= 0.6 is 22.7 Å². The summed E-state index contributed by atoms with van der Waals surface area (Å²) in [5.41, 5.74) is 8.41. The van der Waals surface area contributed by atoms with Crippen molar-refractivity contribution in [1.29, 1.82) is 0 Å². The van der Waals surface area contributed by atoms with Gasteiger partial charge < -0.3 is 8.83 Å². The van der Waals surface area contributed by atoms with E-state index in [1.165, 1.54) is 72.2 Å². The second kappa shape index (κ2) is 14.2.